The monoisotopic (exact) mass is 793 g/mol. The van der Waals surface area contributed by atoms with Gasteiger partial charge in [-0.3, -0.25) is 14.4 Å². The standard InChI is InChI=1S/C49H96N2O5/c1-7-11-15-19-23-27-31-35-45(36-32-28-24-20-16-12-8-2)48(53)55-41-39-51(47(52)43-44(5)50-6)40-42-56-49(54)46(37-33-29-25-21-17-13-9-3)38-34-30-26-22-18-14-10-4/h44-46,50H,7-43H2,1-6H3. The molecule has 0 spiro atoms. The predicted octanol–water partition coefficient (Wildman–Crippen LogP) is 13.7. The second-order valence-corrected chi connectivity index (χ2v) is 17.1. The van der Waals surface area contributed by atoms with Crippen molar-refractivity contribution in [2.24, 2.45) is 11.8 Å². The second kappa shape index (κ2) is 41.5. The molecule has 0 fully saturated rings. The predicted molar refractivity (Wildman–Crippen MR) is 239 cm³/mol. The molecule has 0 aromatic heterocycles. The molecule has 0 aliphatic rings. The van der Waals surface area contributed by atoms with Gasteiger partial charge in [-0.15, -0.1) is 0 Å². The summed E-state index contributed by atoms with van der Waals surface area (Å²) in [6.07, 6.45) is 38.5. The molecule has 332 valence electrons. The Morgan fingerprint density at radius 2 is 0.714 bits per heavy atom. The van der Waals surface area contributed by atoms with Gasteiger partial charge >= 0.3 is 11.9 Å². The molecule has 1 atom stereocenters. The lowest BCUT2D eigenvalue weighted by Gasteiger charge is -2.25. The number of nitrogens with zero attached hydrogens (tertiary/aromatic N) is 1. The van der Waals surface area contributed by atoms with Crippen LogP contribution in [0.15, 0.2) is 0 Å². The van der Waals surface area contributed by atoms with E-state index in [1.54, 1.807) is 4.90 Å². The minimum absolute atomic E-state index is 0.00987. The number of unbranched alkanes of at least 4 members (excludes halogenated alkanes) is 24. The van der Waals surface area contributed by atoms with Crippen LogP contribution in [0.3, 0.4) is 0 Å². The summed E-state index contributed by atoms with van der Waals surface area (Å²) in [5.74, 6) is -0.365. The largest absolute Gasteiger partial charge is 0.464 e. The van der Waals surface area contributed by atoms with Crippen molar-refractivity contribution in [2.45, 2.75) is 253 Å². The quantitative estimate of drug-likeness (QED) is 0.0489. The van der Waals surface area contributed by atoms with Gasteiger partial charge in [0.2, 0.25) is 5.91 Å². The van der Waals surface area contributed by atoms with Gasteiger partial charge in [0.15, 0.2) is 0 Å². The first-order valence-corrected chi connectivity index (χ1v) is 24.6. The molecule has 0 rings (SSSR count). The van der Waals surface area contributed by atoms with Crippen LogP contribution in [-0.2, 0) is 23.9 Å². The van der Waals surface area contributed by atoms with E-state index in [0.29, 0.717) is 19.5 Å². The first-order chi connectivity index (χ1) is 27.3. The third-order valence-electron chi connectivity index (χ3n) is 11.8. The van der Waals surface area contributed by atoms with E-state index in [0.717, 1.165) is 51.4 Å². The summed E-state index contributed by atoms with van der Waals surface area (Å²) in [5, 5.41) is 3.16. The van der Waals surface area contributed by atoms with Crippen LogP contribution >= 0.6 is 0 Å². The van der Waals surface area contributed by atoms with E-state index in [1.165, 1.54) is 154 Å². The van der Waals surface area contributed by atoms with Gasteiger partial charge in [-0.2, -0.15) is 0 Å². The van der Waals surface area contributed by atoms with Crippen LogP contribution in [0.4, 0.5) is 0 Å². The SMILES string of the molecule is CCCCCCCCCC(CCCCCCCCC)C(=O)OCCN(CCOC(=O)C(CCCCCCCCC)CCCCCCCCC)C(=O)CC(C)NC. The van der Waals surface area contributed by atoms with Crippen molar-refractivity contribution in [1.82, 2.24) is 10.2 Å². The zero-order chi connectivity index (χ0) is 41.3. The Hall–Kier alpha value is -1.63. The Labute approximate surface area is 348 Å². The fraction of sp³-hybridized carbons (Fsp3) is 0.939. The van der Waals surface area contributed by atoms with Crippen molar-refractivity contribution in [3.05, 3.63) is 0 Å². The highest BCUT2D eigenvalue weighted by molar-refractivity contribution is 5.77. The fourth-order valence-corrected chi connectivity index (χ4v) is 7.75. The van der Waals surface area contributed by atoms with Crippen molar-refractivity contribution < 1.29 is 23.9 Å². The van der Waals surface area contributed by atoms with E-state index < -0.39 is 0 Å². The van der Waals surface area contributed by atoms with Crippen LogP contribution in [0.5, 0.6) is 0 Å². The molecule has 7 nitrogen and oxygen atoms in total. The van der Waals surface area contributed by atoms with Gasteiger partial charge in [0.25, 0.3) is 0 Å². The molecule has 56 heavy (non-hydrogen) atoms. The van der Waals surface area contributed by atoms with Crippen molar-refractivity contribution >= 4 is 17.8 Å². The summed E-state index contributed by atoms with van der Waals surface area (Å²) in [7, 11) is 1.86. The summed E-state index contributed by atoms with van der Waals surface area (Å²) in [6, 6.07) is 0.0248. The van der Waals surface area contributed by atoms with E-state index in [4.69, 9.17) is 9.47 Å². The summed E-state index contributed by atoms with van der Waals surface area (Å²) in [5.41, 5.74) is 0. The maximum Gasteiger partial charge on any atom is 0.308 e. The molecule has 7 heteroatoms. The maximum atomic E-state index is 13.4. The van der Waals surface area contributed by atoms with Gasteiger partial charge < -0.3 is 19.7 Å². The minimum atomic E-state index is -0.108. The number of ether oxygens (including phenoxy) is 2. The lowest BCUT2D eigenvalue weighted by Crippen LogP contribution is -2.40. The normalized spacial score (nSPS) is 12.1. The third kappa shape index (κ3) is 33.4. The highest BCUT2D eigenvalue weighted by atomic mass is 16.5. The Kier molecular flexibility index (Phi) is 40.3. The zero-order valence-corrected chi connectivity index (χ0v) is 38.4. The summed E-state index contributed by atoms with van der Waals surface area (Å²) >= 11 is 0. The molecule has 0 aromatic carbocycles. The number of carbonyl (C=O) groups is 3. The van der Waals surface area contributed by atoms with Gasteiger partial charge in [-0.25, -0.2) is 0 Å². The van der Waals surface area contributed by atoms with Crippen LogP contribution in [0.1, 0.15) is 247 Å². The van der Waals surface area contributed by atoms with Crippen LogP contribution in [-0.4, -0.2) is 62.1 Å². The van der Waals surface area contributed by atoms with Gasteiger partial charge in [0.1, 0.15) is 13.2 Å². The Balaban J connectivity index is 5.23. The summed E-state index contributed by atoms with van der Waals surface area (Å²) < 4.78 is 11.8. The van der Waals surface area contributed by atoms with Crippen LogP contribution in [0.2, 0.25) is 0 Å². The molecular weight excluding hydrogens is 697 g/mol. The molecule has 1 amide bonds. The average Bonchev–Trinajstić information content (AvgIpc) is 3.19. The topological polar surface area (TPSA) is 84.9 Å². The second-order valence-electron chi connectivity index (χ2n) is 17.1. The number of nitrogens with one attached hydrogen (secondary N) is 1. The lowest BCUT2D eigenvalue weighted by molar-refractivity contribution is -0.152. The minimum Gasteiger partial charge on any atom is -0.464 e. The van der Waals surface area contributed by atoms with Crippen molar-refractivity contribution in [3.8, 4) is 0 Å². The van der Waals surface area contributed by atoms with Crippen molar-refractivity contribution in [3.63, 3.8) is 0 Å². The molecule has 0 heterocycles. The van der Waals surface area contributed by atoms with E-state index in [9.17, 15) is 14.4 Å². The first-order valence-electron chi connectivity index (χ1n) is 24.6. The van der Waals surface area contributed by atoms with Gasteiger partial charge in [-0.1, -0.05) is 207 Å². The summed E-state index contributed by atoms with van der Waals surface area (Å²) in [4.78, 5) is 42.0. The molecule has 0 bridgehead atoms. The number of hydrogen-bond acceptors (Lipinski definition) is 6. The number of amides is 1. The van der Waals surface area contributed by atoms with E-state index in [2.05, 4.69) is 33.0 Å². The highest BCUT2D eigenvalue weighted by Crippen LogP contribution is 2.23. The molecule has 0 saturated carbocycles. The number of esters is 2. The van der Waals surface area contributed by atoms with Crippen molar-refractivity contribution in [1.29, 1.82) is 0 Å². The molecule has 0 saturated heterocycles. The van der Waals surface area contributed by atoms with Crippen LogP contribution in [0.25, 0.3) is 0 Å². The van der Waals surface area contributed by atoms with Gasteiger partial charge in [0, 0.05) is 12.5 Å². The van der Waals surface area contributed by atoms with Gasteiger partial charge in [0.05, 0.1) is 24.9 Å². The first kappa shape index (κ1) is 54.4. The Morgan fingerprint density at radius 3 is 0.982 bits per heavy atom. The lowest BCUT2D eigenvalue weighted by atomic mass is 9.94. The number of rotatable bonds is 43. The van der Waals surface area contributed by atoms with Crippen molar-refractivity contribution in [2.75, 3.05) is 33.4 Å². The third-order valence-corrected chi connectivity index (χ3v) is 11.8. The zero-order valence-electron chi connectivity index (χ0n) is 38.4. The fourth-order valence-electron chi connectivity index (χ4n) is 7.75. The van der Waals surface area contributed by atoms with E-state index in [-0.39, 0.29) is 48.9 Å². The Morgan fingerprint density at radius 1 is 0.446 bits per heavy atom. The highest BCUT2D eigenvalue weighted by Gasteiger charge is 2.23. The Bertz CT molecular complexity index is 789. The van der Waals surface area contributed by atoms with E-state index in [1.807, 2.05) is 14.0 Å². The number of hydrogen-bond donors (Lipinski definition) is 1. The molecule has 0 aromatic rings. The van der Waals surface area contributed by atoms with Gasteiger partial charge in [-0.05, 0) is 39.7 Å². The molecule has 0 radical (unpaired) electrons. The smallest absolute Gasteiger partial charge is 0.308 e. The molecule has 0 aliphatic carbocycles. The summed E-state index contributed by atoms with van der Waals surface area (Å²) in [6.45, 7) is 12.0. The van der Waals surface area contributed by atoms with Crippen LogP contribution < -0.4 is 5.32 Å². The van der Waals surface area contributed by atoms with Crippen LogP contribution in [0, 0.1) is 11.8 Å². The maximum absolute atomic E-state index is 13.4. The molecule has 1 N–H and O–H groups in total. The molecule has 0 aliphatic heterocycles. The number of carbonyl (C=O) groups excluding carboxylic acids is 3. The average molecular weight is 793 g/mol. The van der Waals surface area contributed by atoms with E-state index >= 15 is 0 Å². The molecular formula is C49H96N2O5. The molecule has 1 unspecified atom stereocenters.